The summed E-state index contributed by atoms with van der Waals surface area (Å²) in [6, 6.07) is 0. The minimum atomic E-state index is -4.16. The van der Waals surface area contributed by atoms with Crippen LogP contribution in [-0.4, -0.2) is 30.1 Å². The zero-order chi connectivity index (χ0) is 13.2. The van der Waals surface area contributed by atoms with E-state index in [-0.39, 0.29) is 12.8 Å². The van der Waals surface area contributed by atoms with Crippen molar-refractivity contribution in [3.63, 3.8) is 0 Å². The van der Waals surface area contributed by atoms with Crippen LogP contribution in [0.5, 0.6) is 0 Å². The van der Waals surface area contributed by atoms with Gasteiger partial charge in [0, 0.05) is 13.2 Å². The first-order chi connectivity index (χ1) is 8.39. The van der Waals surface area contributed by atoms with Crippen LogP contribution >= 0.6 is 0 Å². The molecule has 0 amide bonds. The fourth-order valence-electron chi connectivity index (χ4n) is 3.29. The SMILES string of the molecule is OC1(CC2CCOCC2)CCCC(C(F)(F)F)C1. The molecule has 0 spiro atoms. The molecule has 18 heavy (non-hydrogen) atoms. The maximum absolute atomic E-state index is 12.7. The molecule has 106 valence electrons. The maximum atomic E-state index is 12.7. The van der Waals surface area contributed by atoms with Gasteiger partial charge in [0.05, 0.1) is 11.5 Å². The Balaban J connectivity index is 1.92. The zero-order valence-electron chi connectivity index (χ0n) is 10.5. The second kappa shape index (κ2) is 5.37. The highest BCUT2D eigenvalue weighted by Crippen LogP contribution is 2.44. The summed E-state index contributed by atoms with van der Waals surface area (Å²) in [7, 11) is 0. The van der Waals surface area contributed by atoms with Crippen molar-refractivity contribution in [1.82, 2.24) is 0 Å². The lowest BCUT2D eigenvalue weighted by molar-refractivity contribution is -0.202. The zero-order valence-corrected chi connectivity index (χ0v) is 10.5. The smallest absolute Gasteiger partial charge is 0.390 e. The second-order valence-corrected chi connectivity index (χ2v) is 5.82. The molecular weight excluding hydrogens is 245 g/mol. The largest absolute Gasteiger partial charge is 0.391 e. The Morgan fingerprint density at radius 1 is 1.17 bits per heavy atom. The molecule has 0 aromatic rings. The van der Waals surface area contributed by atoms with Gasteiger partial charge in [0.2, 0.25) is 0 Å². The lowest BCUT2D eigenvalue weighted by atomic mass is 9.72. The number of hydrogen-bond donors (Lipinski definition) is 1. The van der Waals surface area contributed by atoms with Crippen LogP contribution in [0.25, 0.3) is 0 Å². The number of ether oxygens (including phenoxy) is 1. The third-order valence-electron chi connectivity index (χ3n) is 4.29. The van der Waals surface area contributed by atoms with Crippen LogP contribution in [0.2, 0.25) is 0 Å². The summed E-state index contributed by atoms with van der Waals surface area (Å²) in [6.45, 7) is 1.34. The Morgan fingerprint density at radius 3 is 2.44 bits per heavy atom. The summed E-state index contributed by atoms with van der Waals surface area (Å²) in [4.78, 5) is 0. The lowest BCUT2D eigenvalue weighted by Gasteiger charge is -2.40. The Labute approximate surface area is 106 Å². The summed E-state index contributed by atoms with van der Waals surface area (Å²) in [5, 5.41) is 10.4. The molecule has 5 heteroatoms. The van der Waals surface area contributed by atoms with Crippen LogP contribution in [0.15, 0.2) is 0 Å². The number of halogens is 3. The third kappa shape index (κ3) is 3.60. The quantitative estimate of drug-likeness (QED) is 0.831. The Bertz CT molecular complexity index is 274. The fourth-order valence-corrected chi connectivity index (χ4v) is 3.29. The lowest BCUT2D eigenvalue weighted by Crippen LogP contribution is -2.42. The van der Waals surface area contributed by atoms with E-state index in [4.69, 9.17) is 4.74 Å². The van der Waals surface area contributed by atoms with Gasteiger partial charge in [-0.25, -0.2) is 0 Å². The van der Waals surface area contributed by atoms with E-state index in [2.05, 4.69) is 0 Å². The van der Waals surface area contributed by atoms with Gasteiger partial charge in [-0.2, -0.15) is 13.2 Å². The van der Waals surface area contributed by atoms with E-state index in [9.17, 15) is 18.3 Å². The van der Waals surface area contributed by atoms with E-state index < -0.39 is 17.7 Å². The van der Waals surface area contributed by atoms with Crippen LogP contribution in [0.4, 0.5) is 13.2 Å². The molecule has 2 fully saturated rings. The average Bonchev–Trinajstić information content (AvgIpc) is 2.28. The molecule has 1 aliphatic heterocycles. The van der Waals surface area contributed by atoms with Crippen molar-refractivity contribution in [3.8, 4) is 0 Å². The van der Waals surface area contributed by atoms with Gasteiger partial charge >= 0.3 is 6.18 Å². The van der Waals surface area contributed by atoms with Gasteiger partial charge in [0.15, 0.2) is 0 Å². The van der Waals surface area contributed by atoms with Crippen LogP contribution in [0.3, 0.4) is 0 Å². The van der Waals surface area contributed by atoms with Crippen molar-refractivity contribution in [1.29, 1.82) is 0 Å². The van der Waals surface area contributed by atoms with Gasteiger partial charge in [-0.15, -0.1) is 0 Å². The highest BCUT2D eigenvalue weighted by molar-refractivity contribution is 4.90. The van der Waals surface area contributed by atoms with Crippen molar-refractivity contribution in [2.75, 3.05) is 13.2 Å². The van der Waals surface area contributed by atoms with Gasteiger partial charge in [-0.05, 0) is 50.9 Å². The first kappa shape index (κ1) is 14.1. The average molecular weight is 266 g/mol. The molecule has 0 aromatic heterocycles. The van der Waals surface area contributed by atoms with E-state index in [1.54, 1.807) is 0 Å². The first-order valence-corrected chi connectivity index (χ1v) is 6.76. The molecule has 0 radical (unpaired) electrons. The van der Waals surface area contributed by atoms with Gasteiger partial charge in [0.1, 0.15) is 0 Å². The van der Waals surface area contributed by atoms with Crippen LogP contribution in [-0.2, 0) is 4.74 Å². The van der Waals surface area contributed by atoms with E-state index in [1.165, 1.54) is 0 Å². The summed E-state index contributed by atoms with van der Waals surface area (Å²) in [5.74, 6) is -1.01. The molecule has 0 bridgehead atoms. The molecule has 2 rings (SSSR count). The molecule has 2 atom stereocenters. The van der Waals surface area contributed by atoms with E-state index >= 15 is 0 Å². The standard InChI is InChI=1S/C13H21F3O2/c14-13(15,16)11-2-1-5-12(17,9-11)8-10-3-6-18-7-4-10/h10-11,17H,1-9H2. The summed E-state index contributed by atoms with van der Waals surface area (Å²) >= 11 is 0. The predicted octanol–water partition coefficient (Wildman–Crippen LogP) is 3.29. The summed E-state index contributed by atoms with van der Waals surface area (Å²) < 4.78 is 43.4. The van der Waals surface area contributed by atoms with Gasteiger partial charge < -0.3 is 9.84 Å². The number of rotatable bonds is 2. The molecule has 1 aliphatic carbocycles. The van der Waals surface area contributed by atoms with Crippen molar-refractivity contribution in [2.45, 2.75) is 56.7 Å². The molecule has 1 heterocycles. The third-order valence-corrected chi connectivity index (χ3v) is 4.29. The molecule has 1 N–H and O–H groups in total. The topological polar surface area (TPSA) is 29.5 Å². The van der Waals surface area contributed by atoms with Gasteiger partial charge in [-0.1, -0.05) is 0 Å². The van der Waals surface area contributed by atoms with Crippen LogP contribution < -0.4 is 0 Å². The van der Waals surface area contributed by atoms with E-state index in [1.807, 2.05) is 0 Å². The Kier molecular flexibility index (Phi) is 4.22. The minimum Gasteiger partial charge on any atom is -0.390 e. The van der Waals surface area contributed by atoms with Gasteiger partial charge in [-0.3, -0.25) is 0 Å². The molecule has 2 unspecified atom stereocenters. The summed E-state index contributed by atoms with van der Waals surface area (Å²) in [6.07, 6.45) is -0.903. The Morgan fingerprint density at radius 2 is 1.83 bits per heavy atom. The number of alkyl halides is 3. The van der Waals surface area contributed by atoms with Crippen LogP contribution in [0, 0.1) is 11.8 Å². The highest BCUT2D eigenvalue weighted by atomic mass is 19.4. The fraction of sp³-hybridized carbons (Fsp3) is 1.00. The molecule has 2 nitrogen and oxygen atoms in total. The monoisotopic (exact) mass is 266 g/mol. The molecule has 1 saturated carbocycles. The molecule has 0 aromatic carbocycles. The Hall–Kier alpha value is -0.290. The number of aliphatic hydroxyl groups is 1. The predicted molar refractivity (Wildman–Crippen MR) is 61.1 cm³/mol. The second-order valence-electron chi connectivity index (χ2n) is 5.82. The maximum Gasteiger partial charge on any atom is 0.391 e. The normalized spacial score (nSPS) is 35.7. The van der Waals surface area contributed by atoms with Gasteiger partial charge in [0.25, 0.3) is 0 Å². The van der Waals surface area contributed by atoms with E-state index in [0.717, 1.165) is 12.8 Å². The summed E-state index contributed by atoms with van der Waals surface area (Å²) in [5.41, 5.74) is -1.11. The van der Waals surface area contributed by atoms with Crippen molar-refractivity contribution >= 4 is 0 Å². The van der Waals surface area contributed by atoms with Crippen molar-refractivity contribution in [3.05, 3.63) is 0 Å². The first-order valence-electron chi connectivity index (χ1n) is 6.76. The van der Waals surface area contributed by atoms with Crippen molar-refractivity contribution < 1.29 is 23.0 Å². The highest BCUT2D eigenvalue weighted by Gasteiger charge is 2.47. The van der Waals surface area contributed by atoms with E-state index in [0.29, 0.717) is 38.4 Å². The minimum absolute atomic E-state index is 0.117. The molecular formula is C13H21F3O2. The molecule has 2 aliphatic rings. The molecule has 1 saturated heterocycles. The van der Waals surface area contributed by atoms with Crippen LogP contribution in [0.1, 0.15) is 44.9 Å². The number of hydrogen-bond acceptors (Lipinski definition) is 2. The van der Waals surface area contributed by atoms with Crippen molar-refractivity contribution in [2.24, 2.45) is 11.8 Å².